The van der Waals surface area contributed by atoms with Crippen LogP contribution in [0.3, 0.4) is 0 Å². The van der Waals surface area contributed by atoms with Gasteiger partial charge in [0.05, 0.1) is 11.4 Å². The third kappa shape index (κ3) is 2.07. The average molecular weight is 276 g/mol. The summed E-state index contributed by atoms with van der Waals surface area (Å²) in [5, 5.41) is 7.19. The highest BCUT2D eigenvalue weighted by molar-refractivity contribution is 5.89. The monoisotopic (exact) mass is 276 g/mol. The van der Waals surface area contributed by atoms with Crippen LogP contribution in [0.5, 0.6) is 0 Å². The van der Waals surface area contributed by atoms with Gasteiger partial charge in [-0.05, 0) is 26.0 Å². The number of rotatable bonds is 2. The Labute approximate surface area is 112 Å². The minimum absolute atomic E-state index is 0.117. The molecule has 3 rings (SSSR count). The van der Waals surface area contributed by atoms with Crippen LogP contribution >= 0.6 is 0 Å². The fraction of sp³-hybridized carbons (Fsp3) is 0.154. The van der Waals surface area contributed by atoms with E-state index >= 15 is 0 Å². The van der Waals surface area contributed by atoms with Gasteiger partial charge in [-0.2, -0.15) is 4.98 Å². The third-order valence-electron chi connectivity index (χ3n) is 2.80. The van der Waals surface area contributed by atoms with E-state index in [1.807, 2.05) is 0 Å². The number of hydrogen-bond acceptors (Lipinski definition) is 5. The molecule has 2 aromatic heterocycles. The van der Waals surface area contributed by atoms with Gasteiger partial charge < -0.3 is 9.84 Å². The zero-order valence-electron chi connectivity index (χ0n) is 10.7. The van der Waals surface area contributed by atoms with Crippen molar-refractivity contribution < 1.29 is 13.3 Å². The van der Waals surface area contributed by atoms with E-state index in [0.29, 0.717) is 28.4 Å². The van der Waals surface area contributed by atoms with E-state index < -0.39 is 11.6 Å². The predicted octanol–water partition coefficient (Wildman–Crippen LogP) is 3.26. The van der Waals surface area contributed by atoms with E-state index in [-0.39, 0.29) is 5.69 Å². The molecule has 0 aliphatic carbocycles. The van der Waals surface area contributed by atoms with E-state index in [1.165, 1.54) is 6.07 Å². The second-order valence-electron chi connectivity index (χ2n) is 4.32. The zero-order valence-corrected chi connectivity index (χ0v) is 10.7. The molecule has 0 fully saturated rings. The Morgan fingerprint density at radius 1 is 1.15 bits per heavy atom. The minimum atomic E-state index is -0.705. The first-order valence-corrected chi connectivity index (χ1v) is 5.87. The summed E-state index contributed by atoms with van der Waals surface area (Å²) in [7, 11) is 0. The molecule has 0 saturated heterocycles. The number of fused-ring (bicyclic) bond motifs is 1. The first kappa shape index (κ1) is 12.5. The summed E-state index contributed by atoms with van der Waals surface area (Å²) in [5.41, 5.74) is 1.02. The molecule has 7 heteroatoms. The van der Waals surface area contributed by atoms with Crippen LogP contribution in [0.2, 0.25) is 0 Å². The van der Waals surface area contributed by atoms with E-state index in [9.17, 15) is 8.78 Å². The van der Waals surface area contributed by atoms with Crippen molar-refractivity contribution in [1.29, 1.82) is 0 Å². The molecule has 0 aliphatic heterocycles. The van der Waals surface area contributed by atoms with Crippen molar-refractivity contribution in [2.45, 2.75) is 13.8 Å². The molecular formula is C13H10F2N4O. The molecule has 0 spiro atoms. The molecule has 0 amide bonds. The molecule has 3 aromatic rings. The number of benzene rings is 1. The highest BCUT2D eigenvalue weighted by Crippen LogP contribution is 2.27. The molecule has 0 atom stereocenters. The second-order valence-corrected chi connectivity index (χ2v) is 4.32. The predicted molar refractivity (Wildman–Crippen MR) is 68.7 cm³/mol. The molecule has 0 saturated carbocycles. The van der Waals surface area contributed by atoms with E-state index in [0.717, 1.165) is 12.1 Å². The SMILES string of the molecule is Cc1nc(Nc2ccc(F)cc2F)c2c(C)noc2n1. The molecule has 20 heavy (non-hydrogen) atoms. The van der Waals surface area contributed by atoms with Crippen LogP contribution in [-0.4, -0.2) is 15.1 Å². The lowest BCUT2D eigenvalue weighted by Crippen LogP contribution is -2.00. The fourth-order valence-electron chi connectivity index (χ4n) is 1.91. The number of aryl methyl sites for hydroxylation is 2. The Balaban J connectivity index is 2.12. The summed E-state index contributed by atoms with van der Waals surface area (Å²) >= 11 is 0. The zero-order chi connectivity index (χ0) is 14.3. The van der Waals surface area contributed by atoms with Gasteiger partial charge in [0.15, 0.2) is 0 Å². The highest BCUT2D eigenvalue weighted by atomic mass is 19.1. The molecule has 0 bridgehead atoms. The molecule has 0 unspecified atom stereocenters. The van der Waals surface area contributed by atoms with E-state index in [1.54, 1.807) is 13.8 Å². The van der Waals surface area contributed by atoms with Crippen LogP contribution in [0.4, 0.5) is 20.3 Å². The molecule has 0 aliphatic rings. The van der Waals surface area contributed by atoms with Gasteiger partial charge in [-0.25, -0.2) is 13.8 Å². The molecule has 0 radical (unpaired) electrons. The molecule has 1 N–H and O–H groups in total. The Kier molecular flexibility index (Phi) is 2.81. The maximum absolute atomic E-state index is 13.7. The summed E-state index contributed by atoms with van der Waals surface area (Å²) in [6, 6.07) is 3.27. The summed E-state index contributed by atoms with van der Waals surface area (Å²) in [6.45, 7) is 3.42. The molecule has 2 heterocycles. The lowest BCUT2D eigenvalue weighted by Gasteiger charge is -2.08. The number of halogens is 2. The van der Waals surface area contributed by atoms with Gasteiger partial charge in [0.2, 0.25) is 0 Å². The van der Waals surface area contributed by atoms with Crippen LogP contribution in [0.1, 0.15) is 11.5 Å². The number of aromatic nitrogens is 3. The van der Waals surface area contributed by atoms with Crippen molar-refractivity contribution in [3.05, 3.63) is 41.4 Å². The maximum Gasteiger partial charge on any atom is 0.263 e. The largest absolute Gasteiger partial charge is 0.337 e. The van der Waals surface area contributed by atoms with Crippen LogP contribution in [-0.2, 0) is 0 Å². The quantitative estimate of drug-likeness (QED) is 0.778. The van der Waals surface area contributed by atoms with Gasteiger partial charge in [0.1, 0.15) is 28.7 Å². The molecule has 102 valence electrons. The highest BCUT2D eigenvalue weighted by Gasteiger charge is 2.15. The summed E-state index contributed by atoms with van der Waals surface area (Å²) < 4.78 is 31.6. The van der Waals surface area contributed by atoms with Gasteiger partial charge in [-0.3, -0.25) is 0 Å². The summed E-state index contributed by atoms with van der Waals surface area (Å²) in [4.78, 5) is 8.31. The maximum atomic E-state index is 13.7. The van der Waals surface area contributed by atoms with Gasteiger partial charge in [0.25, 0.3) is 5.71 Å². The van der Waals surface area contributed by atoms with Crippen molar-refractivity contribution in [3.8, 4) is 0 Å². The number of hydrogen-bond donors (Lipinski definition) is 1. The van der Waals surface area contributed by atoms with Gasteiger partial charge in [0, 0.05) is 6.07 Å². The Morgan fingerprint density at radius 2 is 1.95 bits per heavy atom. The smallest absolute Gasteiger partial charge is 0.263 e. The van der Waals surface area contributed by atoms with E-state index in [2.05, 4.69) is 20.4 Å². The Bertz CT molecular complexity index is 800. The lowest BCUT2D eigenvalue weighted by atomic mass is 10.2. The van der Waals surface area contributed by atoms with Crippen LogP contribution in [0, 0.1) is 25.5 Å². The summed E-state index contributed by atoms with van der Waals surface area (Å²) in [6.07, 6.45) is 0. The number of nitrogens with one attached hydrogen (secondary N) is 1. The number of nitrogens with zero attached hydrogens (tertiary/aromatic N) is 3. The van der Waals surface area contributed by atoms with Gasteiger partial charge >= 0.3 is 0 Å². The van der Waals surface area contributed by atoms with Crippen molar-refractivity contribution >= 4 is 22.6 Å². The Hall–Kier alpha value is -2.57. The van der Waals surface area contributed by atoms with Crippen molar-refractivity contribution in [1.82, 2.24) is 15.1 Å². The first-order valence-electron chi connectivity index (χ1n) is 5.87. The van der Waals surface area contributed by atoms with Crippen molar-refractivity contribution in [2.24, 2.45) is 0 Å². The summed E-state index contributed by atoms with van der Waals surface area (Å²) in [5.74, 6) is -0.517. The topological polar surface area (TPSA) is 63.8 Å². The number of anilines is 2. The first-order chi connectivity index (χ1) is 9.54. The van der Waals surface area contributed by atoms with Gasteiger partial charge in [-0.15, -0.1) is 0 Å². The lowest BCUT2D eigenvalue weighted by molar-refractivity contribution is 0.442. The molecule has 1 aromatic carbocycles. The van der Waals surface area contributed by atoms with Crippen LogP contribution in [0.15, 0.2) is 22.7 Å². The fourth-order valence-corrected chi connectivity index (χ4v) is 1.91. The van der Waals surface area contributed by atoms with Crippen molar-refractivity contribution in [3.63, 3.8) is 0 Å². The standard InChI is InChI=1S/C13H10F2N4O/c1-6-11-12(16-7(2)17-13(11)20-19-6)18-10-4-3-8(14)5-9(10)15/h3-5H,1-2H3,(H,16,17,18). The van der Waals surface area contributed by atoms with Crippen LogP contribution < -0.4 is 5.32 Å². The molecule has 5 nitrogen and oxygen atoms in total. The van der Waals surface area contributed by atoms with E-state index in [4.69, 9.17) is 4.52 Å². The average Bonchev–Trinajstić information content (AvgIpc) is 2.74. The molecular weight excluding hydrogens is 266 g/mol. The van der Waals surface area contributed by atoms with Crippen LogP contribution in [0.25, 0.3) is 11.1 Å². The second kappa shape index (κ2) is 4.52. The Morgan fingerprint density at radius 3 is 2.70 bits per heavy atom. The third-order valence-corrected chi connectivity index (χ3v) is 2.80. The minimum Gasteiger partial charge on any atom is -0.337 e. The normalized spacial score (nSPS) is 11.0. The van der Waals surface area contributed by atoms with Crippen molar-refractivity contribution in [2.75, 3.05) is 5.32 Å². The van der Waals surface area contributed by atoms with Gasteiger partial charge in [-0.1, -0.05) is 5.16 Å².